The van der Waals surface area contributed by atoms with Crippen LogP contribution in [0.4, 0.5) is 15.8 Å². The van der Waals surface area contributed by atoms with E-state index in [2.05, 4.69) is 27.5 Å². The second kappa shape index (κ2) is 11.5. The molecule has 4 atom stereocenters. The van der Waals surface area contributed by atoms with Gasteiger partial charge in [0.05, 0.1) is 43.3 Å². The van der Waals surface area contributed by atoms with Crippen molar-refractivity contribution in [1.29, 1.82) is 0 Å². The highest BCUT2D eigenvalue weighted by molar-refractivity contribution is 6.32. The average Bonchev–Trinajstić information content (AvgIpc) is 3.51. The smallest absolute Gasteiger partial charge is 0.153 e. The molecule has 1 aromatic carbocycles. The van der Waals surface area contributed by atoms with Crippen LogP contribution >= 0.6 is 23.2 Å². The first-order valence-electron chi connectivity index (χ1n) is 11.7. The molecule has 1 saturated carbocycles. The van der Waals surface area contributed by atoms with Gasteiger partial charge in [-0.1, -0.05) is 23.2 Å². The van der Waals surface area contributed by atoms with E-state index in [0.29, 0.717) is 64.9 Å². The Morgan fingerprint density at radius 1 is 1.23 bits per heavy atom. The molecular weight excluding hydrogens is 494 g/mol. The maximum atomic E-state index is 15.2. The third kappa shape index (κ3) is 5.60. The van der Waals surface area contributed by atoms with Crippen LogP contribution in [0.2, 0.25) is 10.2 Å². The van der Waals surface area contributed by atoms with Crippen molar-refractivity contribution >= 4 is 47.5 Å². The van der Waals surface area contributed by atoms with Crippen molar-refractivity contribution in [2.75, 3.05) is 33.4 Å². The van der Waals surface area contributed by atoms with Crippen molar-refractivity contribution in [2.45, 2.75) is 49.5 Å². The van der Waals surface area contributed by atoms with Crippen LogP contribution in [0.25, 0.3) is 0 Å². The molecule has 4 unspecified atom stereocenters. The van der Waals surface area contributed by atoms with E-state index in [4.69, 9.17) is 27.9 Å². The lowest BCUT2D eigenvalue weighted by molar-refractivity contribution is 0.0353. The number of nitrogens with zero attached hydrogens (tertiary/aromatic N) is 5. The summed E-state index contributed by atoms with van der Waals surface area (Å²) in [7, 11) is 1.50. The zero-order valence-corrected chi connectivity index (χ0v) is 21.2. The molecule has 3 aliphatic rings. The van der Waals surface area contributed by atoms with Crippen molar-refractivity contribution in [3.8, 4) is 0 Å². The molecule has 190 valence electrons. The molecule has 5 rings (SSSR count). The Labute approximate surface area is 214 Å². The number of benzene rings is 1. The summed E-state index contributed by atoms with van der Waals surface area (Å²) >= 11 is 13.0. The lowest BCUT2D eigenvalue weighted by Crippen LogP contribution is -2.50. The minimum absolute atomic E-state index is 0.153. The van der Waals surface area contributed by atoms with E-state index in [-0.39, 0.29) is 18.5 Å². The van der Waals surface area contributed by atoms with Gasteiger partial charge in [-0.15, -0.1) is 0 Å². The fraction of sp³-hybridized carbons (Fsp3) is 0.542. The molecule has 0 bridgehead atoms. The number of aliphatic hydroxyl groups excluding tert-OH is 1. The highest BCUT2D eigenvalue weighted by atomic mass is 35.5. The number of piperidine rings is 1. The molecule has 1 aromatic heterocycles. The largest absolute Gasteiger partial charge is 0.389 e. The van der Waals surface area contributed by atoms with Gasteiger partial charge in [-0.05, 0) is 57.3 Å². The van der Waals surface area contributed by atoms with E-state index in [1.54, 1.807) is 29.2 Å². The number of aromatic nitrogens is 2. The van der Waals surface area contributed by atoms with Crippen molar-refractivity contribution < 1.29 is 14.2 Å². The zero-order valence-electron chi connectivity index (χ0n) is 19.7. The van der Waals surface area contributed by atoms with Crippen LogP contribution < -0.4 is 5.73 Å². The fourth-order valence-electron chi connectivity index (χ4n) is 4.72. The molecule has 3 fully saturated rings. The number of aliphatic hydroxyl groups is 1. The maximum absolute atomic E-state index is 15.2. The molecule has 35 heavy (non-hydrogen) atoms. The topological polar surface area (TPSA) is 101 Å². The molecular formula is C24H31Cl2FN6O2. The Bertz CT molecular complexity index is 1080. The number of halogens is 3. The Balaban J connectivity index is 0.00000141. The van der Waals surface area contributed by atoms with Crippen LogP contribution in [0.5, 0.6) is 0 Å². The van der Waals surface area contributed by atoms with Gasteiger partial charge in [-0.25, -0.2) is 9.07 Å². The molecule has 1 aliphatic carbocycles. The van der Waals surface area contributed by atoms with Crippen molar-refractivity contribution in [3.63, 3.8) is 0 Å². The van der Waals surface area contributed by atoms with Crippen LogP contribution in [0.15, 0.2) is 28.3 Å². The highest BCUT2D eigenvalue weighted by Crippen LogP contribution is 2.40. The van der Waals surface area contributed by atoms with Gasteiger partial charge < -0.3 is 15.6 Å². The molecule has 8 nitrogen and oxygen atoms in total. The monoisotopic (exact) mass is 524 g/mol. The van der Waals surface area contributed by atoms with Crippen molar-refractivity contribution in [2.24, 2.45) is 15.7 Å². The van der Waals surface area contributed by atoms with Crippen LogP contribution in [0, 0.1) is 0 Å². The average molecular weight is 525 g/mol. The number of hydrogen-bond acceptors (Lipinski definition) is 7. The summed E-state index contributed by atoms with van der Waals surface area (Å²) in [6.07, 6.45) is 4.33. The fourth-order valence-corrected chi connectivity index (χ4v) is 5.31. The lowest BCUT2D eigenvalue weighted by atomic mass is 9.86. The van der Waals surface area contributed by atoms with Crippen molar-refractivity contribution in [3.05, 3.63) is 39.6 Å². The Hall–Kier alpha value is -1.88. The van der Waals surface area contributed by atoms with Gasteiger partial charge in [-0.3, -0.25) is 14.9 Å². The SMILES string of the molecule is C=Nc1cc(C2CCN(C3COCC3O)CC2F)c(Cl)cc1C=Nc1cnn(C2CC2)c1Cl.CN. The molecule has 3 heterocycles. The number of aliphatic imine (C=N–C) groups is 2. The molecule has 11 heteroatoms. The third-order valence-electron chi connectivity index (χ3n) is 6.73. The lowest BCUT2D eigenvalue weighted by Gasteiger charge is -2.39. The van der Waals surface area contributed by atoms with E-state index in [1.165, 1.54) is 7.05 Å². The Morgan fingerprint density at radius 3 is 2.63 bits per heavy atom. The van der Waals surface area contributed by atoms with Gasteiger partial charge in [-0.2, -0.15) is 5.10 Å². The van der Waals surface area contributed by atoms with E-state index in [9.17, 15) is 5.11 Å². The highest BCUT2D eigenvalue weighted by Gasteiger charge is 2.39. The summed E-state index contributed by atoms with van der Waals surface area (Å²) in [6, 6.07) is 3.76. The normalized spacial score (nSPS) is 27.1. The minimum Gasteiger partial charge on any atom is -0.389 e. The number of alkyl halides is 1. The van der Waals surface area contributed by atoms with Crippen LogP contribution in [0.1, 0.15) is 42.3 Å². The second-order valence-electron chi connectivity index (χ2n) is 8.92. The Kier molecular flexibility index (Phi) is 8.57. The molecule has 3 N–H and O–H groups in total. The van der Waals surface area contributed by atoms with Crippen LogP contribution in [-0.2, 0) is 4.74 Å². The van der Waals surface area contributed by atoms with Gasteiger partial charge in [0.25, 0.3) is 0 Å². The van der Waals surface area contributed by atoms with Gasteiger partial charge >= 0.3 is 0 Å². The maximum Gasteiger partial charge on any atom is 0.153 e. The van der Waals surface area contributed by atoms with Gasteiger partial charge in [0.1, 0.15) is 11.9 Å². The predicted octanol–water partition coefficient (Wildman–Crippen LogP) is 4.07. The Morgan fingerprint density at radius 2 is 2.00 bits per heavy atom. The van der Waals surface area contributed by atoms with Gasteiger partial charge in [0.15, 0.2) is 5.15 Å². The molecule has 0 radical (unpaired) electrons. The first-order chi connectivity index (χ1) is 17.0. The van der Waals surface area contributed by atoms with E-state index in [1.807, 2.05) is 4.90 Å². The van der Waals surface area contributed by atoms with E-state index < -0.39 is 12.3 Å². The number of ether oxygens (including phenoxy) is 1. The molecule has 0 amide bonds. The number of nitrogens with two attached hydrogens (primary N) is 1. The molecule has 2 aliphatic heterocycles. The summed E-state index contributed by atoms with van der Waals surface area (Å²) in [6.45, 7) is 5.30. The first kappa shape index (κ1) is 26.2. The quantitative estimate of drug-likeness (QED) is 0.554. The number of likely N-dealkylation sites (tertiary alicyclic amines) is 1. The van der Waals surface area contributed by atoms with Crippen LogP contribution in [-0.4, -0.2) is 84.4 Å². The predicted molar refractivity (Wildman–Crippen MR) is 138 cm³/mol. The van der Waals surface area contributed by atoms with Gasteiger partial charge in [0, 0.05) is 29.3 Å². The summed E-state index contributed by atoms with van der Waals surface area (Å²) < 4.78 is 22.4. The van der Waals surface area contributed by atoms with Gasteiger partial charge in [0.2, 0.25) is 0 Å². The van der Waals surface area contributed by atoms with Crippen LogP contribution in [0.3, 0.4) is 0 Å². The summed E-state index contributed by atoms with van der Waals surface area (Å²) in [4.78, 5) is 10.6. The molecule has 2 saturated heterocycles. The second-order valence-corrected chi connectivity index (χ2v) is 9.69. The first-order valence-corrected chi connectivity index (χ1v) is 12.5. The minimum atomic E-state index is -1.12. The van der Waals surface area contributed by atoms with E-state index >= 15 is 4.39 Å². The number of rotatable bonds is 6. The van der Waals surface area contributed by atoms with E-state index in [0.717, 1.165) is 12.8 Å². The summed E-state index contributed by atoms with van der Waals surface area (Å²) in [5, 5.41) is 15.4. The molecule has 0 spiro atoms. The summed E-state index contributed by atoms with van der Waals surface area (Å²) in [5.74, 6) is -0.356. The third-order valence-corrected chi connectivity index (χ3v) is 7.43. The molecule has 2 aromatic rings. The van der Waals surface area contributed by atoms with Crippen molar-refractivity contribution in [1.82, 2.24) is 14.7 Å². The standard InChI is InChI=1S/C23H26Cl2FN5O2.CH5N/c1-27-19-7-16(15-4-5-30(10-18(15)26)21-11-33-12-22(21)32)17(24)6-13(19)8-28-20-9-29-31(23(20)25)14-2-3-14;1-2/h6-9,14-15,18,21-22,32H,1-5,10-12H2;2H2,1H3. The summed E-state index contributed by atoms with van der Waals surface area (Å²) in [5.41, 5.74) is 7.05. The zero-order chi connectivity index (χ0) is 25.1. The number of hydrogen-bond donors (Lipinski definition) is 2.